The first-order chi connectivity index (χ1) is 9.86. The third-order valence-electron chi connectivity index (χ3n) is 3.50. The number of anilines is 1. The lowest BCUT2D eigenvalue weighted by Gasteiger charge is -2.27. The molecule has 0 saturated carbocycles. The SMILES string of the molecule is Nc1cccc(CCC(=O)N2CC=C(C(F)(F)F)CC2)c1. The molecule has 1 amide bonds. The van der Waals surface area contributed by atoms with Crippen LogP contribution < -0.4 is 5.73 Å². The Morgan fingerprint density at radius 3 is 2.67 bits per heavy atom. The summed E-state index contributed by atoms with van der Waals surface area (Å²) in [6.07, 6.45) is -2.50. The molecule has 0 bridgehead atoms. The number of alkyl halides is 3. The van der Waals surface area contributed by atoms with Crippen LogP contribution in [0.15, 0.2) is 35.9 Å². The zero-order valence-electron chi connectivity index (χ0n) is 11.5. The van der Waals surface area contributed by atoms with Crippen molar-refractivity contribution in [3.05, 3.63) is 41.5 Å². The highest BCUT2D eigenvalue weighted by atomic mass is 19.4. The van der Waals surface area contributed by atoms with Crippen molar-refractivity contribution in [1.29, 1.82) is 0 Å². The summed E-state index contributed by atoms with van der Waals surface area (Å²) in [6, 6.07) is 7.25. The van der Waals surface area contributed by atoms with Crippen molar-refractivity contribution in [2.24, 2.45) is 0 Å². The van der Waals surface area contributed by atoms with E-state index in [1.54, 1.807) is 12.1 Å². The van der Waals surface area contributed by atoms with Crippen molar-refractivity contribution < 1.29 is 18.0 Å². The second-order valence-corrected chi connectivity index (χ2v) is 5.06. The van der Waals surface area contributed by atoms with Crippen molar-refractivity contribution >= 4 is 11.6 Å². The molecule has 1 heterocycles. The lowest BCUT2D eigenvalue weighted by molar-refractivity contribution is -0.132. The number of nitrogen functional groups attached to an aromatic ring is 1. The van der Waals surface area contributed by atoms with Gasteiger partial charge in [-0.3, -0.25) is 4.79 Å². The number of carbonyl (C=O) groups excluding carboxylic acids is 1. The Hall–Kier alpha value is -1.98. The van der Waals surface area contributed by atoms with Gasteiger partial charge < -0.3 is 10.6 Å². The molecule has 0 saturated heterocycles. The number of benzene rings is 1. The monoisotopic (exact) mass is 298 g/mol. The minimum Gasteiger partial charge on any atom is -0.399 e. The van der Waals surface area contributed by atoms with Crippen molar-refractivity contribution in [2.45, 2.75) is 25.4 Å². The fourth-order valence-electron chi connectivity index (χ4n) is 2.31. The van der Waals surface area contributed by atoms with Crippen LogP contribution in [0, 0.1) is 0 Å². The van der Waals surface area contributed by atoms with Crippen molar-refractivity contribution in [1.82, 2.24) is 4.90 Å². The number of nitrogens with zero attached hydrogens (tertiary/aromatic N) is 1. The quantitative estimate of drug-likeness (QED) is 0.689. The number of amides is 1. The highest BCUT2D eigenvalue weighted by Crippen LogP contribution is 2.30. The number of hydrogen-bond donors (Lipinski definition) is 1. The normalized spacial score (nSPS) is 15.8. The third-order valence-corrected chi connectivity index (χ3v) is 3.50. The molecule has 6 heteroatoms. The number of carbonyl (C=O) groups is 1. The van der Waals surface area contributed by atoms with Crippen LogP contribution in [-0.2, 0) is 11.2 Å². The fourth-order valence-corrected chi connectivity index (χ4v) is 2.31. The lowest BCUT2D eigenvalue weighted by Crippen LogP contribution is -2.36. The molecule has 2 N–H and O–H groups in total. The van der Waals surface area contributed by atoms with Crippen LogP contribution in [0.25, 0.3) is 0 Å². The number of nitrogens with two attached hydrogens (primary N) is 1. The van der Waals surface area contributed by atoms with Crippen molar-refractivity contribution in [3.63, 3.8) is 0 Å². The molecule has 0 unspecified atom stereocenters. The number of rotatable bonds is 3. The van der Waals surface area contributed by atoms with Gasteiger partial charge >= 0.3 is 6.18 Å². The van der Waals surface area contributed by atoms with Crippen LogP contribution in [0.1, 0.15) is 18.4 Å². The number of aryl methyl sites for hydroxylation is 1. The number of hydrogen-bond acceptors (Lipinski definition) is 2. The zero-order valence-corrected chi connectivity index (χ0v) is 11.5. The molecule has 0 radical (unpaired) electrons. The predicted octanol–water partition coefficient (Wildman–Crippen LogP) is 2.92. The predicted molar refractivity (Wildman–Crippen MR) is 74.5 cm³/mol. The molecule has 1 aromatic carbocycles. The van der Waals surface area contributed by atoms with Crippen molar-refractivity contribution in [2.75, 3.05) is 18.8 Å². The maximum atomic E-state index is 12.5. The van der Waals surface area contributed by atoms with E-state index in [2.05, 4.69) is 0 Å². The summed E-state index contributed by atoms with van der Waals surface area (Å²) in [5.41, 5.74) is 6.70. The van der Waals surface area contributed by atoms with E-state index >= 15 is 0 Å². The first-order valence-electron chi connectivity index (χ1n) is 6.74. The Kier molecular flexibility index (Phi) is 4.55. The van der Waals surface area contributed by atoms with Gasteiger partial charge in [-0.1, -0.05) is 18.2 Å². The van der Waals surface area contributed by atoms with Gasteiger partial charge in [-0.25, -0.2) is 0 Å². The molecule has 2 rings (SSSR count). The standard InChI is InChI=1S/C15H17F3N2O/c16-15(17,18)12-6-8-20(9-7-12)14(21)5-4-11-2-1-3-13(19)10-11/h1-3,6,10H,4-5,7-9,19H2. The van der Waals surface area contributed by atoms with E-state index in [0.29, 0.717) is 12.1 Å². The van der Waals surface area contributed by atoms with Crippen LogP contribution in [0.2, 0.25) is 0 Å². The zero-order chi connectivity index (χ0) is 15.5. The summed E-state index contributed by atoms with van der Waals surface area (Å²) < 4.78 is 37.5. The third kappa shape index (κ3) is 4.24. The molecule has 3 nitrogen and oxygen atoms in total. The molecular weight excluding hydrogens is 281 g/mol. The molecule has 21 heavy (non-hydrogen) atoms. The van der Waals surface area contributed by atoms with Gasteiger partial charge in [-0.05, 0) is 30.5 Å². The number of halogens is 3. The van der Waals surface area contributed by atoms with Crippen molar-refractivity contribution in [3.8, 4) is 0 Å². The second-order valence-electron chi connectivity index (χ2n) is 5.06. The Labute approximate surface area is 121 Å². The van der Waals surface area contributed by atoms with Gasteiger partial charge in [0.25, 0.3) is 0 Å². The summed E-state index contributed by atoms with van der Waals surface area (Å²) in [7, 11) is 0. The molecule has 0 aliphatic carbocycles. The first-order valence-corrected chi connectivity index (χ1v) is 6.74. The molecule has 1 aliphatic heterocycles. The van der Waals surface area contributed by atoms with Gasteiger partial charge in [0.2, 0.25) is 5.91 Å². The molecule has 0 fully saturated rings. The fraction of sp³-hybridized carbons (Fsp3) is 0.400. The van der Waals surface area contributed by atoms with Gasteiger partial charge in [-0.15, -0.1) is 0 Å². The summed E-state index contributed by atoms with van der Waals surface area (Å²) in [5.74, 6) is -0.130. The molecular formula is C15H17F3N2O. The average Bonchev–Trinajstić information content (AvgIpc) is 2.44. The average molecular weight is 298 g/mol. The van der Waals surface area contributed by atoms with E-state index in [0.717, 1.165) is 11.6 Å². The summed E-state index contributed by atoms with van der Waals surface area (Å²) in [5, 5.41) is 0. The van der Waals surface area contributed by atoms with Gasteiger partial charge in [0.1, 0.15) is 0 Å². The van der Waals surface area contributed by atoms with E-state index in [1.807, 2.05) is 12.1 Å². The van der Waals surface area contributed by atoms with E-state index in [1.165, 1.54) is 4.90 Å². The summed E-state index contributed by atoms with van der Waals surface area (Å²) in [4.78, 5) is 13.5. The molecule has 114 valence electrons. The maximum absolute atomic E-state index is 12.5. The second kappa shape index (κ2) is 6.20. The molecule has 1 aliphatic rings. The lowest BCUT2D eigenvalue weighted by atomic mass is 10.1. The molecule has 1 aromatic rings. The highest BCUT2D eigenvalue weighted by Gasteiger charge is 2.35. The van der Waals surface area contributed by atoms with E-state index in [9.17, 15) is 18.0 Å². The van der Waals surface area contributed by atoms with Gasteiger partial charge in [-0.2, -0.15) is 13.2 Å². The Balaban J connectivity index is 1.87. The minimum atomic E-state index is -4.28. The van der Waals surface area contributed by atoms with Gasteiger partial charge in [0.15, 0.2) is 0 Å². The largest absolute Gasteiger partial charge is 0.412 e. The molecule has 0 spiro atoms. The molecule has 0 atom stereocenters. The van der Waals surface area contributed by atoms with Gasteiger partial charge in [0.05, 0.1) is 0 Å². The smallest absolute Gasteiger partial charge is 0.399 e. The van der Waals surface area contributed by atoms with Crippen LogP contribution in [-0.4, -0.2) is 30.1 Å². The maximum Gasteiger partial charge on any atom is 0.412 e. The minimum absolute atomic E-state index is 0.0323. The topological polar surface area (TPSA) is 46.3 Å². The molecule has 0 aromatic heterocycles. The highest BCUT2D eigenvalue weighted by molar-refractivity contribution is 5.77. The summed E-state index contributed by atoms with van der Waals surface area (Å²) >= 11 is 0. The van der Waals surface area contributed by atoms with Crippen LogP contribution >= 0.6 is 0 Å². The van der Waals surface area contributed by atoms with E-state index in [-0.39, 0.29) is 31.8 Å². The van der Waals surface area contributed by atoms with Crippen LogP contribution in [0.5, 0.6) is 0 Å². The van der Waals surface area contributed by atoms with Crippen LogP contribution in [0.3, 0.4) is 0 Å². The van der Waals surface area contributed by atoms with E-state index in [4.69, 9.17) is 5.73 Å². The Morgan fingerprint density at radius 1 is 1.33 bits per heavy atom. The van der Waals surface area contributed by atoms with E-state index < -0.39 is 11.7 Å². The summed E-state index contributed by atoms with van der Waals surface area (Å²) in [6.45, 7) is 0.158. The van der Waals surface area contributed by atoms with Crippen LogP contribution in [0.4, 0.5) is 18.9 Å². The van der Waals surface area contributed by atoms with Gasteiger partial charge in [0, 0.05) is 30.8 Å². The Morgan fingerprint density at radius 2 is 2.10 bits per heavy atom. The Bertz CT molecular complexity index is 552. The first kappa shape index (κ1) is 15.4.